The molecule has 3 N–H and O–H groups in total. The third-order valence-corrected chi connectivity index (χ3v) is 5.76. The number of likely N-dealkylation sites (tertiary alicyclic amines) is 1. The Bertz CT molecular complexity index is 861. The number of hydrogen-bond acceptors (Lipinski definition) is 4. The Morgan fingerprint density at radius 1 is 1.22 bits per heavy atom. The number of aryl methyl sites for hydroxylation is 1. The van der Waals surface area contributed by atoms with Gasteiger partial charge in [0.2, 0.25) is 5.91 Å². The molecule has 2 saturated heterocycles. The molecule has 2 aliphatic heterocycles. The summed E-state index contributed by atoms with van der Waals surface area (Å²) in [5, 5.41) is 8.80. The van der Waals surface area contributed by atoms with E-state index in [0.29, 0.717) is 17.4 Å². The number of rotatable bonds is 4. The number of nitrogens with one attached hydrogen (secondary N) is 3. The second-order valence-electron chi connectivity index (χ2n) is 7.21. The zero-order chi connectivity index (χ0) is 18.3. The summed E-state index contributed by atoms with van der Waals surface area (Å²) in [6.07, 6.45) is 0.129. The minimum Gasteiger partial charge on any atom is -0.497 e. The second-order valence-corrected chi connectivity index (χ2v) is 7.21. The normalized spacial score (nSPS) is 23.8. The quantitative estimate of drug-likeness (QED) is 0.733. The summed E-state index contributed by atoms with van der Waals surface area (Å²) in [6, 6.07) is 7.99. The van der Waals surface area contributed by atoms with Crippen LogP contribution in [0.3, 0.4) is 0 Å². The van der Waals surface area contributed by atoms with Crippen LogP contribution in [0.25, 0.3) is 0 Å². The molecule has 1 aromatic carbocycles. The smallest absolute Gasteiger partial charge is 0.267 e. The number of H-pyrrole nitrogens is 2. The molecule has 3 heterocycles. The number of ether oxygens (including phenoxy) is 1. The largest absolute Gasteiger partial charge is 0.497 e. The predicted molar refractivity (Wildman–Crippen MR) is 104 cm³/mol. The number of fused-ring (bicyclic) bond motifs is 1. The Morgan fingerprint density at radius 3 is 2.59 bits per heavy atom. The van der Waals surface area contributed by atoms with Gasteiger partial charge in [0.1, 0.15) is 5.75 Å². The van der Waals surface area contributed by atoms with Crippen LogP contribution in [-0.4, -0.2) is 47.7 Å². The molecule has 8 heteroatoms. The fraction of sp³-hybridized carbons (Fsp3) is 0.474. The summed E-state index contributed by atoms with van der Waals surface area (Å²) in [4.78, 5) is 27.0. The highest BCUT2D eigenvalue weighted by atomic mass is 35.5. The van der Waals surface area contributed by atoms with Gasteiger partial charge in [-0.15, -0.1) is 12.4 Å². The van der Waals surface area contributed by atoms with E-state index in [1.807, 2.05) is 36.1 Å². The van der Waals surface area contributed by atoms with Crippen LogP contribution in [0, 0.1) is 18.8 Å². The Hall–Kier alpha value is -2.25. The van der Waals surface area contributed by atoms with Crippen LogP contribution < -0.4 is 15.6 Å². The van der Waals surface area contributed by atoms with Gasteiger partial charge in [-0.1, -0.05) is 12.1 Å². The lowest BCUT2D eigenvalue weighted by molar-refractivity contribution is -0.131. The number of halogens is 1. The molecular weight excluding hydrogens is 368 g/mol. The van der Waals surface area contributed by atoms with Crippen molar-refractivity contribution in [1.29, 1.82) is 0 Å². The zero-order valence-electron chi connectivity index (χ0n) is 15.5. The Kier molecular flexibility index (Phi) is 5.62. The molecule has 0 saturated carbocycles. The lowest BCUT2D eigenvalue weighted by atomic mass is 9.89. The second kappa shape index (κ2) is 7.78. The first kappa shape index (κ1) is 19.5. The van der Waals surface area contributed by atoms with E-state index in [9.17, 15) is 9.59 Å². The molecular formula is C19H25ClN4O3. The number of carbonyl (C=O) groups excluding carboxylic acids is 1. The Labute approximate surface area is 163 Å². The van der Waals surface area contributed by atoms with E-state index in [1.54, 1.807) is 7.11 Å². The van der Waals surface area contributed by atoms with E-state index in [4.69, 9.17) is 4.74 Å². The van der Waals surface area contributed by atoms with Crippen molar-refractivity contribution in [3.05, 3.63) is 51.4 Å². The number of aromatic nitrogens is 2. The summed E-state index contributed by atoms with van der Waals surface area (Å²) in [6.45, 7) is 4.39. The predicted octanol–water partition coefficient (Wildman–Crippen LogP) is 1.40. The number of benzene rings is 1. The highest BCUT2D eigenvalue weighted by molar-refractivity contribution is 5.85. The molecule has 0 aliphatic carbocycles. The molecule has 2 aromatic rings. The molecule has 146 valence electrons. The number of nitrogens with zero attached hydrogens (tertiary/aromatic N) is 1. The summed E-state index contributed by atoms with van der Waals surface area (Å²) >= 11 is 0. The van der Waals surface area contributed by atoms with Crippen molar-refractivity contribution in [2.45, 2.75) is 19.4 Å². The van der Waals surface area contributed by atoms with Gasteiger partial charge in [-0.05, 0) is 30.5 Å². The van der Waals surface area contributed by atoms with Crippen molar-refractivity contribution in [3.63, 3.8) is 0 Å². The van der Waals surface area contributed by atoms with Gasteiger partial charge in [0, 0.05) is 36.8 Å². The maximum atomic E-state index is 13.1. The topological polar surface area (TPSA) is 90.2 Å². The van der Waals surface area contributed by atoms with E-state index < -0.39 is 0 Å². The fourth-order valence-electron chi connectivity index (χ4n) is 4.34. The number of carbonyl (C=O) groups is 1. The Balaban J connectivity index is 0.00000210. The maximum absolute atomic E-state index is 13.1. The van der Waals surface area contributed by atoms with Gasteiger partial charge < -0.3 is 20.1 Å². The summed E-state index contributed by atoms with van der Waals surface area (Å²) in [5.74, 6) is 1.67. The molecule has 3 atom stereocenters. The minimum atomic E-state index is -0.210. The fourth-order valence-corrected chi connectivity index (χ4v) is 4.34. The standard InChI is InChI=1S/C19H24N4O3.ClH/c1-11-15(19(25)22-21-11)7-17(24)23-10-13-8-20-9-16(13)18(23)12-3-5-14(26-2)6-4-12;/h3-6,13,16,18,20H,7-10H2,1-2H3,(H2,21,22,25);1H/t13-,16-,18-;/m0./s1. The molecule has 0 bridgehead atoms. The monoisotopic (exact) mass is 392 g/mol. The Morgan fingerprint density at radius 2 is 1.96 bits per heavy atom. The lowest BCUT2D eigenvalue weighted by Crippen LogP contribution is -2.36. The number of hydrogen-bond donors (Lipinski definition) is 3. The summed E-state index contributed by atoms with van der Waals surface area (Å²) < 4.78 is 5.25. The molecule has 0 radical (unpaired) electrons. The maximum Gasteiger partial charge on any atom is 0.267 e. The first-order chi connectivity index (χ1) is 12.6. The van der Waals surface area contributed by atoms with Crippen LogP contribution in [0.4, 0.5) is 0 Å². The van der Waals surface area contributed by atoms with E-state index in [2.05, 4.69) is 15.5 Å². The highest BCUT2D eigenvalue weighted by Crippen LogP contribution is 2.43. The zero-order valence-corrected chi connectivity index (χ0v) is 16.3. The third-order valence-electron chi connectivity index (χ3n) is 5.76. The van der Waals surface area contributed by atoms with Crippen LogP contribution in [0.15, 0.2) is 29.1 Å². The lowest BCUT2D eigenvalue weighted by Gasteiger charge is -2.28. The number of amides is 1. The van der Waals surface area contributed by atoms with Gasteiger partial charge in [-0.2, -0.15) is 0 Å². The van der Waals surface area contributed by atoms with Crippen LogP contribution in [0.1, 0.15) is 22.9 Å². The molecule has 0 spiro atoms. The molecule has 0 unspecified atom stereocenters. The van der Waals surface area contributed by atoms with E-state index in [1.165, 1.54) is 0 Å². The van der Waals surface area contributed by atoms with Crippen LogP contribution in [0.5, 0.6) is 5.75 Å². The van der Waals surface area contributed by atoms with Crippen LogP contribution in [-0.2, 0) is 11.2 Å². The SMILES string of the molecule is COc1ccc([C@H]2[C@H]3CNC[C@H]3CN2C(=O)Cc2c(C)[nH][nH]c2=O)cc1.Cl. The van der Waals surface area contributed by atoms with Crippen LogP contribution in [0.2, 0.25) is 0 Å². The van der Waals surface area contributed by atoms with E-state index >= 15 is 0 Å². The summed E-state index contributed by atoms with van der Waals surface area (Å²) in [7, 11) is 1.65. The van der Waals surface area contributed by atoms with Crippen molar-refractivity contribution < 1.29 is 9.53 Å². The van der Waals surface area contributed by atoms with Crippen molar-refractivity contribution >= 4 is 18.3 Å². The van der Waals surface area contributed by atoms with Gasteiger partial charge in [0.25, 0.3) is 5.56 Å². The average molecular weight is 393 g/mol. The van der Waals surface area contributed by atoms with Gasteiger partial charge in [0.15, 0.2) is 0 Å². The van der Waals surface area contributed by atoms with E-state index in [0.717, 1.165) is 36.6 Å². The van der Waals surface area contributed by atoms with E-state index in [-0.39, 0.29) is 36.3 Å². The average Bonchev–Trinajstić information content (AvgIpc) is 3.32. The van der Waals surface area contributed by atoms with Crippen molar-refractivity contribution in [2.24, 2.45) is 11.8 Å². The third kappa shape index (κ3) is 3.49. The number of methoxy groups -OCH3 is 1. The summed E-state index contributed by atoms with van der Waals surface area (Å²) in [5.41, 5.74) is 2.16. The van der Waals surface area contributed by atoms with Crippen molar-refractivity contribution in [2.75, 3.05) is 26.7 Å². The van der Waals surface area contributed by atoms with Crippen LogP contribution >= 0.6 is 12.4 Å². The molecule has 4 rings (SSSR count). The molecule has 2 fully saturated rings. The van der Waals surface area contributed by atoms with Crippen molar-refractivity contribution in [1.82, 2.24) is 20.4 Å². The molecule has 1 aromatic heterocycles. The van der Waals surface area contributed by atoms with Gasteiger partial charge in [-0.25, -0.2) is 0 Å². The molecule has 27 heavy (non-hydrogen) atoms. The van der Waals surface area contributed by atoms with Crippen molar-refractivity contribution in [3.8, 4) is 5.75 Å². The van der Waals surface area contributed by atoms with Gasteiger partial charge in [0.05, 0.1) is 19.6 Å². The number of aromatic amines is 2. The first-order valence-corrected chi connectivity index (χ1v) is 8.98. The molecule has 2 aliphatic rings. The highest BCUT2D eigenvalue weighted by Gasteiger charge is 2.46. The first-order valence-electron chi connectivity index (χ1n) is 8.98. The molecule has 7 nitrogen and oxygen atoms in total. The van der Waals surface area contributed by atoms with Gasteiger partial charge >= 0.3 is 0 Å². The minimum absolute atomic E-state index is 0. The van der Waals surface area contributed by atoms with Gasteiger partial charge in [-0.3, -0.25) is 14.7 Å². The molecule has 1 amide bonds.